The number of amides is 1. The van der Waals surface area contributed by atoms with Crippen molar-refractivity contribution in [2.45, 2.75) is 68.8 Å². The fourth-order valence-electron chi connectivity index (χ4n) is 4.67. The van der Waals surface area contributed by atoms with Crippen LogP contribution in [-0.2, 0) is 54.1 Å². The Labute approximate surface area is 177 Å². The van der Waals surface area contributed by atoms with Gasteiger partial charge >= 0.3 is 0 Å². The van der Waals surface area contributed by atoms with Crippen molar-refractivity contribution < 1.29 is 13.2 Å². The molecule has 0 spiro atoms. The molecule has 0 saturated heterocycles. The van der Waals surface area contributed by atoms with Crippen LogP contribution in [0.3, 0.4) is 0 Å². The number of carbonyl (C=O) groups is 1. The van der Waals surface area contributed by atoms with Crippen molar-refractivity contribution in [3.8, 4) is 0 Å². The monoisotopic (exact) mass is 428 g/mol. The fourth-order valence-corrected chi connectivity index (χ4v) is 6.13. The molecule has 30 heavy (non-hydrogen) atoms. The van der Waals surface area contributed by atoms with Crippen molar-refractivity contribution in [2.24, 2.45) is 7.05 Å². The number of hydrogen-bond donors (Lipinski definition) is 1. The van der Waals surface area contributed by atoms with Gasteiger partial charge in [-0.15, -0.1) is 0 Å². The Kier molecular flexibility index (Phi) is 4.94. The van der Waals surface area contributed by atoms with E-state index in [4.69, 9.17) is 0 Å². The topological polar surface area (TPSA) is 84.3 Å². The first-order valence-electron chi connectivity index (χ1n) is 10.9. The van der Waals surface area contributed by atoms with Crippen molar-refractivity contribution in [3.05, 3.63) is 46.3 Å². The maximum atomic E-state index is 13.3. The predicted octanol–water partition coefficient (Wildman–Crippen LogP) is 1.87. The van der Waals surface area contributed by atoms with Crippen LogP contribution in [0.5, 0.6) is 0 Å². The molecule has 0 bridgehead atoms. The van der Waals surface area contributed by atoms with E-state index in [0.717, 1.165) is 54.6 Å². The SMILES string of the molecule is Cn1nc(CCC(=O)NC2CC2)c2c1CCN(S(=O)(=O)c1ccc3c(c1)CCC3)C2. The summed E-state index contributed by atoms with van der Waals surface area (Å²) >= 11 is 0. The van der Waals surface area contributed by atoms with Crippen LogP contribution >= 0.6 is 0 Å². The molecule has 0 radical (unpaired) electrons. The van der Waals surface area contributed by atoms with Crippen LogP contribution in [0.2, 0.25) is 0 Å². The summed E-state index contributed by atoms with van der Waals surface area (Å²) in [5.74, 6) is 0.0512. The molecule has 2 heterocycles. The average Bonchev–Trinajstić information content (AvgIpc) is 3.31. The summed E-state index contributed by atoms with van der Waals surface area (Å²) in [6.45, 7) is 0.774. The number of nitrogens with one attached hydrogen (secondary N) is 1. The third-order valence-corrected chi connectivity index (χ3v) is 8.37. The van der Waals surface area contributed by atoms with Gasteiger partial charge in [-0.25, -0.2) is 8.42 Å². The summed E-state index contributed by atoms with van der Waals surface area (Å²) in [4.78, 5) is 12.5. The minimum atomic E-state index is -3.56. The third kappa shape index (κ3) is 3.67. The standard InChI is InChI=1S/C22H28N4O3S/c1-25-21-11-12-26(30(28,29)18-8-5-15-3-2-4-16(15)13-18)14-19(21)20(24-25)9-10-22(27)23-17-6-7-17/h5,8,13,17H,2-4,6-7,9-12,14H2,1H3,(H,23,27). The largest absolute Gasteiger partial charge is 0.353 e. The Bertz CT molecular complexity index is 1100. The summed E-state index contributed by atoms with van der Waals surface area (Å²) in [5, 5.41) is 7.62. The second-order valence-electron chi connectivity index (χ2n) is 8.71. The highest BCUT2D eigenvalue weighted by Crippen LogP contribution is 2.30. The lowest BCUT2D eigenvalue weighted by molar-refractivity contribution is -0.121. The molecule has 3 aliphatic rings. The zero-order valence-corrected chi connectivity index (χ0v) is 18.2. The van der Waals surface area contributed by atoms with Crippen LogP contribution in [0.1, 0.15) is 53.8 Å². The molecule has 0 atom stereocenters. The molecule has 160 valence electrons. The van der Waals surface area contributed by atoms with E-state index in [-0.39, 0.29) is 5.91 Å². The Morgan fingerprint density at radius 1 is 1.20 bits per heavy atom. The normalized spacial score (nSPS) is 18.8. The summed E-state index contributed by atoms with van der Waals surface area (Å²) in [6, 6.07) is 5.93. The van der Waals surface area contributed by atoms with Gasteiger partial charge in [0.1, 0.15) is 0 Å². The summed E-state index contributed by atoms with van der Waals surface area (Å²) < 4.78 is 30.1. The first-order chi connectivity index (χ1) is 14.4. The Morgan fingerprint density at radius 3 is 2.80 bits per heavy atom. The number of rotatable bonds is 6. The van der Waals surface area contributed by atoms with Crippen molar-refractivity contribution in [1.29, 1.82) is 0 Å². The van der Waals surface area contributed by atoms with Gasteiger partial charge in [0.05, 0.1) is 10.6 Å². The van der Waals surface area contributed by atoms with E-state index in [2.05, 4.69) is 10.4 Å². The van der Waals surface area contributed by atoms with Gasteiger partial charge < -0.3 is 5.32 Å². The fraction of sp³-hybridized carbons (Fsp3) is 0.545. The molecular formula is C22H28N4O3S. The molecule has 5 rings (SSSR count). The molecule has 1 aliphatic heterocycles. The number of sulfonamides is 1. The second-order valence-corrected chi connectivity index (χ2v) is 10.6. The van der Waals surface area contributed by atoms with Crippen molar-refractivity contribution in [2.75, 3.05) is 6.54 Å². The second kappa shape index (κ2) is 7.50. The zero-order valence-electron chi connectivity index (χ0n) is 17.4. The van der Waals surface area contributed by atoms with E-state index in [0.29, 0.717) is 43.3 Å². The minimum Gasteiger partial charge on any atom is -0.353 e. The molecule has 1 aromatic heterocycles. The molecular weight excluding hydrogens is 400 g/mol. The molecule has 7 nitrogen and oxygen atoms in total. The van der Waals surface area contributed by atoms with Crippen LogP contribution in [0.25, 0.3) is 0 Å². The van der Waals surface area contributed by atoms with E-state index in [1.165, 1.54) is 5.56 Å². The number of fused-ring (bicyclic) bond motifs is 2. The lowest BCUT2D eigenvalue weighted by Crippen LogP contribution is -2.36. The van der Waals surface area contributed by atoms with Crippen LogP contribution in [0.4, 0.5) is 0 Å². The Hall–Kier alpha value is -2.19. The predicted molar refractivity (Wildman–Crippen MR) is 112 cm³/mol. The molecule has 1 amide bonds. The van der Waals surface area contributed by atoms with Crippen LogP contribution in [-0.4, -0.2) is 41.0 Å². The molecule has 2 aliphatic carbocycles. The molecule has 1 aromatic carbocycles. The maximum Gasteiger partial charge on any atom is 0.243 e. The highest BCUT2D eigenvalue weighted by molar-refractivity contribution is 7.89. The average molecular weight is 429 g/mol. The van der Waals surface area contributed by atoms with Crippen molar-refractivity contribution in [1.82, 2.24) is 19.4 Å². The first-order valence-corrected chi connectivity index (χ1v) is 12.3. The minimum absolute atomic E-state index is 0.0512. The van der Waals surface area contributed by atoms with E-state index < -0.39 is 10.0 Å². The summed E-state index contributed by atoms with van der Waals surface area (Å²) in [7, 11) is -1.66. The van der Waals surface area contributed by atoms with Gasteiger partial charge in [-0.2, -0.15) is 9.40 Å². The third-order valence-electron chi connectivity index (χ3n) is 6.53. The number of hydrogen-bond acceptors (Lipinski definition) is 4. The van der Waals surface area contributed by atoms with Crippen LogP contribution in [0, 0.1) is 0 Å². The van der Waals surface area contributed by atoms with Gasteiger partial charge in [0.25, 0.3) is 0 Å². The number of nitrogens with zero attached hydrogens (tertiary/aromatic N) is 3. The van der Waals surface area contributed by atoms with Crippen molar-refractivity contribution >= 4 is 15.9 Å². The van der Waals surface area contributed by atoms with Gasteiger partial charge in [0.2, 0.25) is 15.9 Å². The van der Waals surface area contributed by atoms with E-state index >= 15 is 0 Å². The molecule has 1 saturated carbocycles. The van der Waals surface area contributed by atoms with Crippen LogP contribution in [0.15, 0.2) is 23.1 Å². The molecule has 8 heteroatoms. The van der Waals surface area contributed by atoms with Gasteiger partial charge in [0, 0.05) is 56.7 Å². The Morgan fingerprint density at radius 2 is 2.00 bits per heavy atom. The number of carbonyl (C=O) groups excluding carboxylic acids is 1. The van der Waals surface area contributed by atoms with Gasteiger partial charge in [-0.1, -0.05) is 6.07 Å². The van der Waals surface area contributed by atoms with Gasteiger partial charge in [0.15, 0.2) is 0 Å². The number of aryl methyl sites for hydroxylation is 4. The van der Waals surface area contributed by atoms with Gasteiger partial charge in [-0.05, 0) is 55.4 Å². The van der Waals surface area contributed by atoms with E-state index in [1.54, 1.807) is 10.4 Å². The van der Waals surface area contributed by atoms with Crippen LogP contribution < -0.4 is 5.32 Å². The highest BCUT2D eigenvalue weighted by atomic mass is 32.2. The summed E-state index contributed by atoms with van der Waals surface area (Å²) in [6.07, 6.45) is 6.79. The quantitative estimate of drug-likeness (QED) is 0.761. The van der Waals surface area contributed by atoms with E-state index in [1.807, 2.05) is 23.9 Å². The molecule has 1 N–H and O–H groups in total. The van der Waals surface area contributed by atoms with Crippen molar-refractivity contribution in [3.63, 3.8) is 0 Å². The molecule has 1 fully saturated rings. The Balaban J connectivity index is 1.35. The maximum absolute atomic E-state index is 13.3. The highest BCUT2D eigenvalue weighted by Gasteiger charge is 2.32. The summed E-state index contributed by atoms with van der Waals surface area (Å²) in [5.41, 5.74) is 5.32. The smallest absolute Gasteiger partial charge is 0.243 e. The zero-order chi connectivity index (χ0) is 20.9. The first kappa shape index (κ1) is 19.8. The lowest BCUT2D eigenvalue weighted by atomic mass is 10.0. The molecule has 0 unspecified atom stereocenters. The van der Waals surface area contributed by atoms with E-state index in [9.17, 15) is 13.2 Å². The number of aromatic nitrogens is 2. The lowest BCUT2D eigenvalue weighted by Gasteiger charge is -2.27. The van der Waals surface area contributed by atoms with Gasteiger partial charge in [-0.3, -0.25) is 9.48 Å². The number of benzene rings is 1. The molecule has 2 aromatic rings.